The number of carbonyl (C=O) groups excluding carboxylic acids is 1. The molecule has 2 aliphatic rings. The number of methoxy groups -OCH3 is 1. The number of esters is 1. The fraction of sp³-hybridized carbons (Fsp3) is 0.333. The van der Waals surface area contributed by atoms with Gasteiger partial charge in [-0.25, -0.2) is 4.79 Å². The van der Waals surface area contributed by atoms with Crippen LogP contribution in [0.3, 0.4) is 0 Å². The Kier molecular flexibility index (Phi) is 4.11. The summed E-state index contributed by atoms with van der Waals surface area (Å²) in [6.07, 6.45) is 0.707. The van der Waals surface area contributed by atoms with E-state index in [1.165, 1.54) is 7.11 Å². The summed E-state index contributed by atoms with van der Waals surface area (Å²) in [6.45, 7) is 6.23. The molecule has 0 saturated carbocycles. The number of hydrogen-bond donors (Lipinski definition) is 1. The number of nitrogens with one attached hydrogen (secondary N) is 1. The van der Waals surface area contributed by atoms with E-state index in [1.807, 2.05) is 18.2 Å². The van der Waals surface area contributed by atoms with E-state index in [4.69, 9.17) is 21.7 Å². The van der Waals surface area contributed by atoms with E-state index >= 15 is 0 Å². The summed E-state index contributed by atoms with van der Waals surface area (Å²) in [5.41, 5.74) is 4.20. The summed E-state index contributed by atoms with van der Waals surface area (Å²) in [6, 6.07) is 11.6. The molecule has 0 aromatic heterocycles. The van der Waals surface area contributed by atoms with Gasteiger partial charge >= 0.3 is 5.97 Å². The Morgan fingerprint density at radius 2 is 2.00 bits per heavy atom. The first-order chi connectivity index (χ1) is 12.8. The normalized spacial score (nSPS) is 23.2. The molecule has 1 fully saturated rings. The highest BCUT2D eigenvalue weighted by Crippen LogP contribution is 2.47. The minimum absolute atomic E-state index is 0.0172. The van der Waals surface area contributed by atoms with Gasteiger partial charge in [0.2, 0.25) is 0 Å². The van der Waals surface area contributed by atoms with Gasteiger partial charge in [-0.2, -0.15) is 0 Å². The average molecular weight is 382 g/mol. The molecular formula is C21H22N2O3S. The second-order valence-electron chi connectivity index (χ2n) is 7.30. The van der Waals surface area contributed by atoms with Crippen molar-refractivity contribution >= 4 is 29.0 Å². The average Bonchev–Trinajstić information content (AvgIpc) is 2.62. The molecule has 2 aromatic carbocycles. The molecule has 2 heterocycles. The van der Waals surface area contributed by atoms with Gasteiger partial charge in [-0.05, 0) is 62.3 Å². The maximum absolute atomic E-state index is 11.9. The fourth-order valence-corrected chi connectivity index (χ4v) is 4.54. The number of rotatable bonds is 2. The van der Waals surface area contributed by atoms with E-state index in [0.29, 0.717) is 17.1 Å². The summed E-state index contributed by atoms with van der Waals surface area (Å²) in [4.78, 5) is 14.0. The van der Waals surface area contributed by atoms with Gasteiger partial charge in [0.15, 0.2) is 10.8 Å². The standard InChI is InChI=1S/C21H22N2O3S/c1-12-6-5-7-13(2)18(12)23-20(27)22-16-11-21(23,3)26-17-9-8-14(10-15(16)17)19(24)25-4/h5-10,16H,11H2,1-4H3,(H,22,27)/t16-,21-/m1/s1. The van der Waals surface area contributed by atoms with Crippen molar-refractivity contribution in [3.63, 3.8) is 0 Å². The van der Waals surface area contributed by atoms with E-state index in [-0.39, 0.29) is 12.0 Å². The zero-order valence-electron chi connectivity index (χ0n) is 15.8. The summed E-state index contributed by atoms with van der Waals surface area (Å²) in [5.74, 6) is 0.398. The minimum atomic E-state index is -0.607. The molecule has 2 bridgehead atoms. The molecule has 0 spiro atoms. The van der Waals surface area contributed by atoms with Crippen LogP contribution in [0.2, 0.25) is 0 Å². The first-order valence-electron chi connectivity index (χ1n) is 8.92. The van der Waals surface area contributed by atoms with Crippen molar-refractivity contribution < 1.29 is 14.3 Å². The highest BCUT2D eigenvalue weighted by Gasteiger charge is 2.49. The summed E-state index contributed by atoms with van der Waals surface area (Å²) < 4.78 is 11.3. The molecule has 0 amide bonds. The predicted molar refractivity (Wildman–Crippen MR) is 108 cm³/mol. The first-order valence-corrected chi connectivity index (χ1v) is 9.33. The van der Waals surface area contributed by atoms with Crippen LogP contribution in [-0.4, -0.2) is 23.9 Å². The largest absolute Gasteiger partial charge is 0.467 e. The number of nitrogens with zero attached hydrogens (tertiary/aromatic N) is 1. The van der Waals surface area contributed by atoms with Gasteiger partial charge in [0.1, 0.15) is 5.75 Å². The topological polar surface area (TPSA) is 50.8 Å². The van der Waals surface area contributed by atoms with Crippen molar-refractivity contribution in [1.29, 1.82) is 0 Å². The summed E-state index contributed by atoms with van der Waals surface area (Å²) >= 11 is 5.73. The number of anilines is 1. The number of fused-ring (bicyclic) bond motifs is 4. The van der Waals surface area contributed by atoms with Crippen molar-refractivity contribution in [3.05, 3.63) is 58.7 Å². The van der Waals surface area contributed by atoms with Crippen LogP contribution in [0.1, 0.15) is 46.4 Å². The quantitative estimate of drug-likeness (QED) is 0.625. The van der Waals surface area contributed by atoms with Crippen molar-refractivity contribution in [2.24, 2.45) is 0 Å². The number of thiocarbonyl (C=S) groups is 1. The molecule has 4 rings (SSSR count). The highest BCUT2D eigenvalue weighted by molar-refractivity contribution is 7.80. The van der Waals surface area contributed by atoms with Crippen LogP contribution in [0.15, 0.2) is 36.4 Å². The van der Waals surface area contributed by atoms with E-state index in [2.05, 4.69) is 43.1 Å². The van der Waals surface area contributed by atoms with Gasteiger partial charge in [0.05, 0.1) is 24.4 Å². The van der Waals surface area contributed by atoms with Gasteiger partial charge in [-0.15, -0.1) is 0 Å². The Labute approximate surface area is 164 Å². The van der Waals surface area contributed by atoms with Crippen LogP contribution >= 0.6 is 12.2 Å². The summed E-state index contributed by atoms with van der Waals surface area (Å²) in [7, 11) is 1.38. The molecule has 140 valence electrons. The Morgan fingerprint density at radius 1 is 1.30 bits per heavy atom. The number of para-hydroxylation sites is 1. The maximum atomic E-state index is 11.9. The second kappa shape index (κ2) is 6.23. The zero-order valence-corrected chi connectivity index (χ0v) is 16.6. The highest BCUT2D eigenvalue weighted by atomic mass is 32.1. The molecule has 6 heteroatoms. The molecule has 2 aromatic rings. The van der Waals surface area contributed by atoms with Crippen LogP contribution in [0.25, 0.3) is 0 Å². The third-order valence-corrected chi connectivity index (χ3v) is 5.66. The number of aryl methyl sites for hydroxylation is 2. The zero-order chi connectivity index (χ0) is 19.3. The lowest BCUT2D eigenvalue weighted by Crippen LogP contribution is -2.65. The van der Waals surface area contributed by atoms with Gasteiger partial charge in [-0.1, -0.05) is 18.2 Å². The molecule has 1 saturated heterocycles. The van der Waals surface area contributed by atoms with Crippen LogP contribution < -0.4 is 15.0 Å². The van der Waals surface area contributed by atoms with Crippen molar-refractivity contribution in [1.82, 2.24) is 5.32 Å². The number of carbonyl (C=O) groups is 1. The van der Waals surface area contributed by atoms with Crippen LogP contribution in [0, 0.1) is 13.8 Å². The van der Waals surface area contributed by atoms with Gasteiger partial charge < -0.3 is 14.8 Å². The summed E-state index contributed by atoms with van der Waals surface area (Å²) in [5, 5.41) is 4.07. The van der Waals surface area contributed by atoms with Crippen molar-refractivity contribution in [2.45, 2.75) is 39.0 Å². The third-order valence-electron chi connectivity index (χ3n) is 5.36. The second-order valence-corrected chi connectivity index (χ2v) is 7.69. The van der Waals surface area contributed by atoms with Crippen LogP contribution in [-0.2, 0) is 4.74 Å². The maximum Gasteiger partial charge on any atom is 0.337 e. The fourth-order valence-electron chi connectivity index (χ4n) is 4.12. The first kappa shape index (κ1) is 17.8. The minimum Gasteiger partial charge on any atom is -0.467 e. The lowest BCUT2D eigenvalue weighted by Gasteiger charge is -2.52. The van der Waals surface area contributed by atoms with Crippen LogP contribution in [0.4, 0.5) is 5.69 Å². The molecule has 0 unspecified atom stereocenters. The lowest BCUT2D eigenvalue weighted by molar-refractivity contribution is 0.0492. The van der Waals surface area contributed by atoms with E-state index in [9.17, 15) is 4.79 Å². The third kappa shape index (κ3) is 2.75. The Hall–Kier alpha value is -2.60. The van der Waals surface area contributed by atoms with Crippen molar-refractivity contribution in [2.75, 3.05) is 12.0 Å². The molecule has 0 radical (unpaired) electrons. The molecule has 2 atom stereocenters. The smallest absolute Gasteiger partial charge is 0.337 e. The molecule has 0 aliphatic carbocycles. The van der Waals surface area contributed by atoms with E-state index in [0.717, 1.165) is 28.1 Å². The number of benzene rings is 2. The molecular weight excluding hydrogens is 360 g/mol. The molecule has 2 aliphatic heterocycles. The van der Waals surface area contributed by atoms with Gasteiger partial charge in [0, 0.05) is 12.0 Å². The monoisotopic (exact) mass is 382 g/mol. The Bertz CT molecular complexity index is 938. The Balaban J connectivity index is 1.80. The molecule has 27 heavy (non-hydrogen) atoms. The molecule has 1 N–H and O–H groups in total. The Morgan fingerprint density at radius 3 is 2.67 bits per heavy atom. The van der Waals surface area contributed by atoms with Crippen LogP contribution in [0.5, 0.6) is 5.75 Å². The van der Waals surface area contributed by atoms with Crippen molar-refractivity contribution in [3.8, 4) is 5.75 Å². The number of ether oxygens (including phenoxy) is 2. The van der Waals surface area contributed by atoms with E-state index in [1.54, 1.807) is 6.07 Å². The lowest BCUT2D eigenvalue weighted by atomic mass is 9.88. The number of hydrogen-bond acceptors (Lipinski definition) is 4. The molecule has 5 nitrogen and oxygen atoms in total. The van der Waals surface area contributed by atoms with Gasteiger partial charge in [-0.3, -0.25) is 4.90 Å². The van der Waals surface area contributed by atoms with E-state index < -0.39 is 5.72 Å². The SMILES string of the molecule is COC(=O)c1ccc2c(c1)[C@H]1C[C@@](C)(O2)N(c2c(C)cccc2C)C(=S)N1. The van der Waals surface area contributed by atoms with Gasteiger partial charge in [0.25, 0.3) is 0 Å². The predicted octanol–water partition coefficient (Wildman–Crippen LogP) is 4.02.